The Bertz CT molecular complexity index is 575. The summed E-state index contributed by atoms with van der Waals surface area (Å²) in [4.78, 5) is 23.5. The monoisotopic (exact) mass is 318 g/mol. The molecular weight excluding hydrogens is 296 g/mol. The van der Waals surface area contributed by atoms with Crippen LogP contribution in [0.5, 0.6) is 5.75 Å². The highest BCUT2D eigenvalue weighted by Crippen LogP contribution is 2.13. The summed E-state index contributed by atoms with van der Waals surface area (Å²) >= 11 is 0. The first-order valence-corrected chi connectivity index (χ1v) is 7.46. The zero-order chi connectivity index (χ0) is 17.4. The van der Waals surface area contributed by atoms with Crippen molar-refractivity contribution in [3.8, 4) is 11.8 Å². The van der Waals surface area contributed by atoms with Gasteiger partial charge < -0.3 is 14.8 Å². The molecule has 1 aromatic carbocycles. The van der Waals surface area contributed by atoms with E-state index in [2.05, 4.69) is 5.32 Å². The van der Waals surface area contributed by atoms with Crippen LogP contribution < -0.4 is 10.1 Å². The van der Waals surface area contributed by atoms with Crippen molar-refractivity contribution in [2.24, 2.45) is 5.92 Å². The molecule has 0 aromatic heterocycles. The van der Waals surface area contributed by atoms with Crippen molar-refractivity contribution in [1.29, 1.82) is 5.26 Å². The van der Waals surface area contributed by atoms with Crippen LogP contribution in [0.25, 0.3) is 0 Å². The van der Waals surface area contributed by atoms with E-state index in [1.165, 1.54) is 6.92 Å². The molecule has 6 heteroatoms. The van der Waals surface area contributed by atoms with E-state index in [4.69, 9.17) is 14.7 Å². The minimum atomic E-state index is -0.849. The van der Waals surface area contributed by atoms with Gasteiger partial charge in [0.2, 0.25) is 0 Å². The van der Waals surface area contributed by atoms with Crippen LogP contribution in [0.15, 0.2) is 24.3 Å². The summed E-state index contributed by atoms with van der Waals surface area (Å²) < 4.78 is 10.3. The lowest BCUT2D eigenvalue weighted by Gasteiger charge is -2.18. The van der Waals surface area contributed by atoms with Crippen LogP contribution >= 0.6 is 0 Å². The largest absolute Gasteiger partial charge is 0.479 e. The summed E-state index contributed by atoms with van der Waals surface area (Å²) in [7, 11) is 0. The standard InChI is InChI=1S/C17H22N2O4/c1-11(2)12(3)19-16(20)10-22-17(21)13(4)23-15-7-5-14(9-18)6-8-15/h5-8,11-13H,10H2,1-4H3,(H,19,20)/t12-,13-/m0/s1. The number of ether oxygens (including phenoxy) is 2. The Morgan fingerprint density at radius 3 is 2.30 bits per heavy atom. The number of hydrogen-bond acceptors (Lipinski definition) is 5. The minimum absolute atomic E-state index is 0.00789. The molecule has 0 aliphatic heterocycles. The molecule has 124 valence electrons. The van der Waals surface area contributed by atoms with E-state index in [-0.39, 0.29) is 18.6 Å². The molecule has 0 aliphatic rings. The Morgan fingerprint density at radius 1 is 1.17 bits per heavy atom. The van der Waals surface area contributed by atoms with E-state index < -0.39 is 12.1 Å². The van der Waals surface area contributed by atoms with E-state index in [1.807, 2.05) is 26.8 Å². The maximum Gasteiger partial charge on any atom is 0.347 e. The number of benzene rings is 1. The Balaban J connectivity index is 2.41. The Kier molecular flexibility index (Phi) is 7.07. The molecule has 0 fully saturated rings. The second-order valence-electron chi connectivity index (χ2n) is 5.60. The van der Waals surface area contributed by atoms with Gasteiger partial charge in [0.25, 0.3) is 5.91 Å². The number of carbonyl (C=O) groups is 2. The molecule has 0 radical (unpaired) electrons. The molecule has 0 heterocycles. The third-order valence-corrected chi connectivity index (χ3v) is 3.36. The third kappa shape index (κ3) is 6.39. The first kappa shape index (κ1) is 18.5. The van der Waals surface area contributed by atoms with Gasteiger partial charge in [-0.3, -0.25) is 4.79 Å². The zero-order valence-electron chi connectivity index (χ0n) is 13.8. The van der Waals surface area contributed by atoms with Crippen molar-refractivity contribution in [3.63, 3.8) is 0 Å². The summed E-state index contributed by atoms with van der Waals surface area (Å²) in [6.45, 7) is 7.07. The predicted octanol–water partition coefficient (Wildman–Crippen LogP) is 2.03. The van der Waals surface area contributed by atoms with Gasteiger partial charge in [-0.2, -0.15) is 5.26 Å². The average Bonchev–Trinajstić information content (AvgIpc) is 2.53. The van der Waals surface area contributed by atoms with Gasteiger partial charge in [-0.1, -0.05) is 13.8 Å². The zero-order valence-corrected chi connectivity index (χ0v) is 13.8. The van der Waals surface area contributed by atoms with Gasteiger partial charge >= 0.3 is 5.97 Å². The summed E-state index contributed by atoms with van der Waals surface area (Å²) in [5.41, 5.74) is 0.503. The number of nitrogens with zero attached hydrogens (tertiary/aromatic N) is 1. The van der Waals surface area contributed by atoms with E-state index in [0.29, 0.717) is 17.2 Å². The van der Waals surface area contributed by atoms with Crippen molar-refractivity contribution in [2.45, 2.75) is 39.8 Å². The smallest absolute Gasteiger partial charge is 0.347 e. The van der Waals surface area contributed by atoms with Crippen LogP contribution in [0.1, 0.15) is 33.3 Å². The highest BCUT2D eigenvalue weighted by Gasteiger charge is 2.18. The summed E-state index contributed by atoms with van der Waals surface area (Å²) in [6.07, 6.45) is -0.849. The molecule has 1 N–H and O–H groups in total. The molecule has 2 atom stereocenters. The van der Waals surface area contributed by atoms with Gasteiger partial charge in [-0.15, -0.1) is 0 Å². The Labute approximate surface area is 136 Å². The quantitative estimate of drug-likeness (QED) is 0.777. The number of rotatable bonds is 7. The molecule has 0 saturated heterocycles. The van der Waals surface area contributed by atoms with Gasteiger partial charge in [0.05, 0.1) is 11.6 Å². The summed E-state index contributed by atoms with van der Waals surface area (Å²) in [5.74, 6) is -0.216. The molecule has 1 amide bonds. The molecule has 0 aliphatic carbocycles. The lowest BCUT2D eigenvalue weighted by atomic mass is 10.1. The van der Waals surface area contributed by atoms with Gasteiger partial charge in [-0.25, -0.2) is 4.79 Å². The number of carbonyl (C=O) groups excluding carboxylic acids is 2. The molecule has 0 saturated carbocycles. The molecule has 1 rings (SSSR count). The lowest BCUT2D eigenvalue weighted by molar-refractivity contribution is -0.154. The Hall–Kier alpha value is -2.55. The fourth-order valence-corrected chi connectivity index (χ4v) is 1.58. The summed E-state index contributed by atoms with van der Waals surface area (Å²) in [6, 6.07) is 8.38. The molecule has 6 nitrogen and oxygen atoms in total. The van der Waals surface area contributed by atoms with Gasteiger partial charge in [0.15, 0.2) is 12.7 Å². The number of hydrogen-bond donors (Lipinski definition) is 1. The molecule has 0 spiro atoms. The minimum Gasteiger partial charge on any atom is -0.479 e. The number of amides is 1. The maximum absolute atomic E-state index is 11.8. The lowest BCUT2D eigenvalue weighted by Crippen LogP contribution is -2.39. The van der Waals surface area contributed by atoms with Gasteiger partial charge in [0, 0.05) is 6.04 Å². The molecule has 0 unspecified atom stereocenters. The van der Waals surface area contributed by atoms with Crippen molar-refractivity contribution in [3.05, 3.63) is 29.8 Å². The third-order valence-electron chi connectivity index (χ3n) is 3.36. The van der Waals surface area contributed by atoms with Crippen LogP contribution in [0.2, 0.25) is 0 Å². The Morgan fingerprint density at radius 2 is 1.78 bits per heavy atom. The highest BCUT2D eigenvalue weighted by atomic mass is 16.6. The van der Waals surface area contributed by atoms with Crippen LogP contribution in [-0.4, -0.2) is 30.6 Å². The number of nitrogens with one attached hydrogen (secondary N) is 1. The fraction of sp³-hybridized carbons (Fsp3) is 0.471. The van der Waals surface area contributed by atoms with Crippen molar-refractivity contribution >= 4 is 11.9 Å². The normalized spacial score (nSPS) is 12.9. The molecule has 23 heavy (non-hydrogen) atoms. The van der Waals surface area contributed by atoms with Crippen molar-refractivity contribution in [2.75, 3.05) is 6.61 Å². The number of esters is 1. The van der Waals surface area contributed by atoms with E-state index in [9.17, 15) is 9.59 Å². The van der Waals surface area contributed by atoms with Gasteiger partial charge in [0.1, 0.15) is 5.75 Å². The predicted molar refractivity (Wildman–Crippen MR) is 84.6 cm³/mol. The first-order valence-electron chi connectivity index (χ1n) is 7.46. The van der Waals surface area contributed by atoms with Gasteiger partial charge in [-0.05, 0) is 44.0 Å². The van der Waals surface area contributed by atoms with E-state index >= 15 is 0 Å². The molecule has 0 bridgehead atoms. The number of nitriles is 1. The fourth-order valence-electron chi connectivity index (χ4n) is 1.58. The summed E-state index contributed by atoms with van der Waals surface area (Å²) in [5, 5.41) is 11.5. The van der Waals surface area contributed by atoms with Crippen LogP contribution in [0, 0.1) is 17.2 Å². The first-order chi connectivity index (χ1) is 10.8. The molecular formula is C17H22N2O4. The van der Waals surface area contributed by atoms with Crippen molar-refractivity contribution < 1.29 is 19.1 Å². The highest BCUT2D eigenvalue weighted by molar-refractivity contribution is 5.82. The average molecular weight is 318 g/mol. The van der Waals surface area contributed by atoms with E-state index in [0.717, 1.165) is 0 Å². The maximum atomic E-state index is 11.8. The van der Waals surface area contributed by atoms with E-state index in [1.54, 1.807) is 24.3 Å². The molecule has 1 aromatic rings. The topological polar surface area (TPSA) is 88.4 Å². The second kappa shape index (κ2) is 8.79. The van der Waals surface area contributed by atoms with Crippen LogP contribution in [0.4, 0.5) is 0 Å². The van der Waals surface area contributed by atoms with Crippen molar-refractivity contribution in [1.82, 2.24) is 5.32 Å². The second-order valence-corrected chi connectivity index (χ2v) is 5.60. The van der Waals surface area contributed by atoms with Crippen LogP contribution in [-0.2, 0) is 14.3 Å². The van der Waals surface area contributed by atoms with Crippen LogP contribution in [0.3, 0.4) is 0 Å². The SMILES string of the molecule is CC(C)[C@H](C)NC(=O)COC(=O)[C@H](C)Oc1ccc(C#N)cc1.